The van der Waals surface area contributed by atoms with Gasteiger partial charge in [0.15, 0.2) is 0 Å². The van der Waals surface area contributed by atoms with Gasteiger partial charge >= 0.3 is 0 Å². The van der Waals surface area contributed by atoms with Crippen LogP contribution in [-0.2, 0) is 0 Å². The summed E-state index contributed by atoms with van der Waals surface area (Å²) >= 11 is 7.73. The van der Waals surface area contributed by atoms with E-state index in [1.54, 1.807) is 17.5 Å². The fraction of sp³-hybridized carbons (Fsp3) is 0. The molecular formula is C18H12ClN3S. The topological polar surface area (TPSA) is 37.8 Å². The van der Waals surface area contributed by atoms with E-state index < -0.39 is 0 Å². The predicted molar refractivity (Wildman–Crippen MR) is 97.6 cm³/mol. The Morgan fingerprint density at radius 1 is 0.957 bits per heavy atom. The maximum Gasteiger partial charge on any atom is 0.227 e. The number of hydrogen-bond acceptors (Lipinski definition) is 4. The van der Waals surface area contributed by atoms with Gasteiger partial charge < -0.3 is 5.32 Å². The zero-order valence-electron chi connectivity index (χ0n) is 12.0. The summed E-state index contributed by atoms with van der Waals surface area (Å²) in [6, 6.07) is 19.9. The van der Waals surface area contributed by atoms with Gasteiger partial charge in [0.1, 0.15) is 0 Å². The third kappa shape index (κ3) is 3.04. The Bertz CT molecular complexity index is 948. The van der Waals surface area contributed by atoms with Crippen molar-refractivity contribution in [1.29, 1.82) is 0 Å². The standard InChI is InChI=1S/C18H12ClN3S/c19-13-5-3-6-14(11-13)21-18-20-9-8-15(22-18)17-10-12-4-1-2-7-16(12)23-17/h1-11H,(H,20,21,22). The van der Waals surface area contributed by atoms with Gasteiger partial charge in [-0.15, -0.1) is 11.3 Å². The summed E-state index contributed by atoms with van der Waals surface area (Å²) in [5.41, 5.74) is 1.77. The molecule has 0 aliphatic carbocycles. The Hall–Kier alpha value is -2.43. The van der Waals surface area contributed by atoms with Crippen molar-refractivity contribution < 1.29 is 0 Å². The van der Waals surface area contributed by atoms with E-state index in [9.17, 15) is 0 Å². The van der Waals surface area contributed by atoms with E-state index in [-0.39, 0.29) is 0 Å². The maximum atomic E-state index is 6.00. The molecule has 3 nitrogen and oxygen atoms in total. The summed E-state index contributed by atoms with van der Waals surface area (Å²) in [6.45, 7) is 0. The smallest absolute Gasteiger partial charge is 0.227 e. The molecule has 0 saturated carbocycles. The fourth-order valence-electron chi connectivity index (χ4n) is 2.36. The highest BCUT2D eigenvalue weighted by molar-refractivity contribution is 7.22. The van der Waals surface area contributed by atoms with Crippen molar-refractivity contribution in [3.63, 3.8) is 0 Å². The number of halogens is 1. The van der Waals surface area contributed by atoms with Crippen molar-refractivity contribution in [2.75, 3.05) is 5.32 Å². The quantitative estimate of drug-likeness (QED) is 0.516. The first-order valence-electron chi connectivity index (χ1n) is 7.12. The molecule has 2 aromatic carbocycles. The highest BCUT2D eigenvalue weighted by Crippen LogP contribution is 2.32. The summed E-state index contributed by atoms with van der Waals surface area (Å²) in [5.74, 6) is 0.558. The molecule has 5 heteroatoms. The minimum absolute atomic E-state index is 0.558. The van der Waals surface area contributed by atoms with E-state index in [0.29, 0.717) is 11.0 Å². The average molecular weight is 338 g/mol. The molecule has 4 rings (SSSR count). The van der Waals surface area contributed by atoms with Gasteiger partial charge in [-0.05, 0) is 41.8 Å². The number of fused-ring (bicyclic) bond motifs is 1. The molecule has 2 aromatic heterocycles. The molecule has 112 valence electrons. The minimum Gasteiger partial charge on any atom is -0.324 e. The molecule has 0 aliphatic rings. The second-order valence-electron chi connectivity index (χ2n) is 5.05. The van der Waals surface area contributed by atoms with Crippen LogP contribution < -0.4 is 5.32 Å². The number of rotatable bonds is 3. The Kier molecular flexibility index (Phi) is 3.69. The van der Waals surface area contributed by atoms with Gasteiger partial charge in [-0.2, -0.15) is 0 Å². The van der Waals surface area contributed by atoms with Crippen LogP contribution in [0, 0.1) is 0 Å². The van der Waals surface area contributed by atoms with E-state index in [1.807, 2.05) is 36.4 Å². The van der Waals surface area contributed by atoms with E-state index >= 15 is 0 Å². The zero-order valence-corrected chi connectivity index (χ0v) is 13.6. The highest BCUT2D eigenvalue weighted by Gasteiger charge is 2.07. The molecule has 1 N–H and O–H groups in total. The molecule has 0 bridgehead atoms. The number of anilines is 2. The molecule has 23 heavy (non-hydrogen) atoms. The lowest BCUT2D eigenvalue weighted by Crippen LogP contribution is -1.97. The lowest BCUT2D eigenvalue weighted by molar-refractivity contribution is 1.17. The summed E-state index contributed by atoms with van der Waals surface area (Å²) in [4.78, 5) is 10.0. The van der Waals surface area contributed by atoms with Crippen LogP contribution in [0.25, 0.3) is 20.7 Å². The SMILES string of the molecule is Clc1cccc(Nc2nccc(-c3cc4ccccc4s3)n2)c1. The normalized spacial score (nSPS) is 10.8. The van der Waals surface area contributed by atoms with Crippen LogP contribution in [-0.4, -0.2) is 9.97 Å². The van der Waals surface area contributed by atoms with Gasteiger partial charge in [0.05, 0.1) is 10.6 Å². The van der Waals surface area contributed by atoms with E-state index in [2.05, 4.69) is 39.6 Å². The van der Waals surface area contributed by atoms with Gasteiger partial charge in [0, 0.05) is 21.6 Å². The average Bonchev–Trinajstić information content (AvgIpc) is 2.99. The Morgan fingerprint density at radius 3 is 2.74 bits per heavy atom. The number of hydrogen-bond donors (Lipinski definition) is 1. The molecule has 2 heterocycles. The van der Waals surface area contributed by atoms with E-state index in [0.717, 1.165) is 16.3 Å². The molecule has 0 aliphatic heterocycles. The van der Waals surface area contributed by atoms with E-state index in [4.69, 9.17) is 11.6 Å². The second-order valence-corrected chi connectivity index (χ2v) is 6.57. The van der Waals surface area contributed by atoms with Crippen LogP contribution in [0.3, 0.4) is 0 Å². The molecule has 0 unspecified atom stereocenters. The number of aromatic nitrogens is 2. The Morgan fingerprint density at radius 2 is 1.87 bits per heavy atom. The van der Waals surface area contributed by atoms with Crippen LogP contribution in [0.5, 0.6) is 0 Å². The third-order valence-corrected chi connectivity index (χ3v) is 4.79. The molecule has 0 radical (unpaired) electrons. The van der Waals surface area contributed by atoms with Crippen molar-refractivity contribution in [2.24, 2.45) is 0 Å². The fourth-order valence-corrected chi connectivity index (χ4v) is 3.58. The molecule has 4 aromatic rings. The molecule has 0 amide bonds. The molecular weight excluding hydrogens is 326 g/mol. The summed E-state index contributed by atoms with van der Waals surface area (Å²) < 4.78 is 1.26. The van der Waals surface area contributed by atoms with Gasteiger partial charge in [0.25, 0.3) is 0 Å². The second kappa shape index (κ2) is 5.99. The number of benzene rings is 2. The Balaban J connectivity index is 1.68. The zero-order chi connectivity index (χ0) is 15.6. The van der Waals surface area contributed by atoms with Gasteiger partial charge in [-0.3, -0.25) is 0 Å². The van der Waals surface area contributed by atoms with Crippen LogP contribution in [0.1, 0.15) is 0 Å². The minimum atomic E-state index is 0.558. The third-order valence-electron chi connectivity index (χ3n) is 3.41. The summed E-state index contributed by atoms with van der Waals surface area (Å²) in [6.07, 6.45) is 1.76. The predicted octanol–water partition coefficient (Wildman–Crippen LogP) is 5.76. The number of nitrogens with one attached hydrogen (secondary N) is 1. The molecule has 0 fully saturated rings. The number of thiophene rings is 1. The van der Waals surface area contributed by atoms with Crippen molar-refractivity contribution in [1.82, 2.24) is 9.97 Å². The lowest BCUT2D eigenvalue weighted by atomic mass is 10.2. The molecule has 0 atom stereocenters. The highest BCUT2D eigenvalue weighted by atomic mass is 35.5. The molecule has 0 spiro atoms. The van der Waals surface area contributed by atoms with Gasteiger partial charge in [0.2, 0.25) is 5.95 Å². The van der Waals surface area contributed by atoms with E-state index in [1.165, 1.54) is 10.1 Å². The van der Waals surface area contributed by atoms with Crippen molar-refractivity contribution in [3.8, 4) is 10.6 Å². The van der Waals surface area contributed by atoms with Crippen molar-refractivity contribution in [3.05, 3.63) is 71.9 Å². The lowest BCUT2D eigenvalue weighted by Gasteiger charge is -2.06. The summed E-state index contributed by atoms with van der Waals surface area (Å²) in [5, 5.41) is 5.10. The maximum absolute atomic E-state index is 6.00. The van der Waals surface area contributed by atoms with Crippen molar-refractivity contribution in [2.45, 2.75) is 0 Å². The van der Waals surface area contributed by atoms with Crippen LogP contribution in [0.4, 0.5) is 11.6 Å². The number of nitrogens with zero attached hydrogens (tertiary/aromatic N) is 2. The summed E-state index contributed by atoms with van der Waals surface area (Å²) in [7, 11) is 0. The van der Waals surface area contributed by atoms with Crippen molar-refractivity contribution >= 4 is 44.7 Å². The first-order chi connectivity index (χ1) is 11.3. The first-order valence-corrected chi connectivity index (χ1v) is 8.32. The van der Waals surface area contributed by atoms with Crippen LogP contribution in [0.15, 0.2) is 66.9 Å². The molecule has 0 saturated heterocycles. The largest absolute Gasteiger partial charge is 0.324 e. The monoisotopic (exact) mass is 337 g/mol. The first kappa shape index (κ1) is 14.2. The van der Waals surface area contributed by atoms with Crippen LogP contribution >= 0.6 is 22.9 Å². The van der Waals surface area contributed by atoms with Gasteiger partial charge in [-0.1, -0.05) is 35.9 Å². The van der Waals surface area contributed by atoms with Crippen LogP contribution in [0.2, 0.25) is 5.02 Å². The Labute approximate surface area is 142 Å². The van der Waals surface area contributed by atoms with Gasteiger partial charge in [-0.25, -0.2) is 9.97 Å².